The fourth-order valence-corrected chi connectivity index (χ4v) is 8.41. The lowest BCUT2D eigenvalue weighted by Crippen LogP contribution is -2.33. The van der Waals surface area contributed by atoms with E-state index in [9.17, 15) is 14.7 Å². The lowest BCUT2D eigenvalue weighted by Gasteiger charge is -2.22. The maximum absolute atomic E-state index is 13.0. The number of hydrogen-bond acceptors (Lipinski definition) is 6. The van der Waals surface area contributed by atoms with E-state index in [0.717, 1.165) is 103 Å². The normalized spacial score (nSPS) is 11.6. The predicted molar refractivity (Wildman–Crippen MR) is 259 cm³/mol. The van der Waals surface area contributed by atoms with Crippen LogP contribution in [0.3, 0.4) is 0 Å². The molecule has 0 bridgehead atoms. The van der Waals surface area contributed by atoms with Crippen molar-refractivity contribution < 1.29 is 24.2 Å². The summed E-state index contributed by atoms with van der Waals surface area (Å²) in [5, 5.41) is 9.36. The number of unbranched alkanes of at least 4 members (excludes halogenated alkanes) is 29. The van der Waals surface area contributed by atoms with E-state index in [1.807, 2.05) is 4.90 Å². The molecule has 0 aliphatic heterocycles. The number of hydrogen-bond donors (Lipinski definition) is 1. The van der Waals surface area contributed by atoms with Gasteiger partial charge in [-0.1, -0.05) is 195 Å². The number of rotatable bonds is 49. The molecule has 60 heavy (non-hydrogen) atoms. The maximum Gasteiger partial charge on any atom is 0.409 e. The molecule has 0 saturated heterocycles. The Hall–Kier alpha value is -1.34. The van der Waals surface area contributed by atoms with Crippen molar-refractivity contribution in [3.8, 4) is 0 Å². The Morgan fingerprint density at radius 1 is 0.417 bits per heavy atom. The summed E-state index contributed by atoms with van der Waals surface area (Å²) >= 11 is 0. The molecule has 0 aliphatic rings. The molecule has 1 N–H and O–H groups in total. The summed E-state index contributed by atoms with van der Waals surface area (Å²) in [4.78, 5) is 30.4. The zero-order chi connectivity index (χ0) is 43.8. The van der Waals surface area contributed by atoms with Crippen molar-refractivity contribution in [2.75, 3.05) is 45.9 Å². The Labute approximate surface area is 375 Å². The Bertz CT molecular complexity index is 840. The topological polar surface area (TPSA) is 79.3 Å². The summed E-state index contributed by atoms with van der Waals surface area (Å²) in [7, 11) is 0. The van der Waals surface area contributed by atoms with Crippen LogP contribution in [-0.4, -0.2) is 79.0 Å². The van der Waals surface area contributed by atoms with Gasteiger partial charge in [0, 0.05) is 26.1 Å². The molecule has 0 aromatic heterocycles. The number of nitrogens with zero attached hydrogens (tertiary/aromatic N) is 2. The Balaban J connectivity index is 4.35. The minimum Gasteiger partial charge on any atom is -0.462 e. The average molecular weight is 851 g/mol. The fraction of sp³-hybridized carbons (Fsp3) is 0.962. The van der Waals surface area contributed by atoms with E-state index in [1.54, 1.807) is 0 Å². The highest BCUT2D eigenvalue weighted by molar-refractivity contribution is 5.69. The number of carbonyl (C=O) groups is 2. The van der Waals surface area contributed by atoms with Gasteiger partial charge in [-0.15, -0.1) is 0 Å². The fourth-order valence-electron chi connectivity index (χ4n) is 8.41. The number of amides is 1. The molecule has 0 radical (unpaired) electrons. The molecule has 7 nitrogen and oxygen atoms in total. The SMILES string of the molecule is CCCCCCCCC(CCCCCCCC)OC(=O)CCCCCCN(CCCCO)CCCCCCCCOC(=O)N(CCCCCCCC)CCCCCCCC. The Kier molecular flexibility index (Phi) is 47.6. The van der Waals surface area contributed by atoms with E-state index < -0.39 is 0 Å². The Morgan fingerprint density at radius 3 is 1.20 bits per heavy atom. The monoisotopic (exact) mass is 851 g/mol. The van der Waals surface area contributed by atoms with Crippen LogP contribution in [0, 0.1) is 0 Å². The van der Waals surface area contributed by atoms with E-state index in [2.05, 4.69) is 32.6 Å². The molecule has 1 amide bonds. The van der Waals surface area contributed by atoms with Gasteiger partial charge < -0.3 is 24.4 Å². The van der Waals surface area contributed by atoms with Crippen LogP contribution < -0.4 is 0 Å². The molecule has 0 fully saturated rings. The van der Waals surface area contributed by atoms with E-state index in [0.29, 0.717) is 13.0 Å². The summed E-state index contributed by atoms with van der Waals surface area (Å²) in [5.41, 5.74) is 0. The molecule has 0 aromatic carbocycles. The van der Waals surface area contributed by atoms with Crippen LogP contribution in [0.1, 0.15) is 278 Å². The van der Waals surface area contributed by atoms with Gasteiger partial charge >= 0.3 is 12.1 Å². The zero-order valence-corrected chi connectivity index (χ0v) is 41.1. The van der Waals surface area contributed by atoms with Crippen LogP contribution in [0.4, 0.5) is 4.79 Å². The zero-order valence-electron chi connectivity index (χ0n) is 41.1. The second-order valence-corrected chi connectivity index (χ2v) is 18.4. The van der Waals surface area contributed by atoms with Crippen molar-refractivity contribution in [2.45, 2.75) is 284 Å². The number of esters is 1. The van der Waals surface area contributed by atoms with Crippen LogP contribution in [0.25, 0.3) is 0 Å². The average Bonchev–Trinajstić information content (AvgIpc) is 3.25. The van der Waals surface area contributed by atoms with Crippen LogP contribution in [-0.2, 0) is 14.3 Å². The smallest absolute Gasteiger partial charge is 0.409 e. The van der Waals surface area contributed by atoms with Gasteiger partial charge in [0.05, 0.1) is 6.61 Å². The number of carbonyl (C=O) groups excluding carboxylic acids is 2. The second kappa shape index (κ2) is 48.7. The maximum atomic E-state index is 13.0. The predicted octanol–water partition coefficient (Wildman–Crippen LogP) is 15.9. The molecule has 0 rings (SSSR count). The van der Waals surface area contributed by atoms with Crippen molar-refractivity contribution in [3.05, 3.63) is 0 Å². The van der Waals surface area contributed by atoms with Gasteiger partial charge in [-0.2, -0.15) is 0 Å². The third-order valence-corrected chi connectivity index (χ3v) is 12.5. The standard InChI is InChI=1S/C53H106N2O5/c1-5-9-13-17-23-31-41-51(42-32-24-18-14-10-6-2)60-52(57)43-33-25-29-35-45-54(46-38-39-49-56)44-34-26-21-22-30-40-50-59-53(58)55(47-36-27-19-15-11-7-3)48-37-28-20-16-12-8-4/h51,56H,5-50H2,1-4H3. The molecule has 0 heterocycles. The van der Waals surface area contributed by atoms with Gasteiger partial charge in [0.25, 0.3) is 0 Å². The van der Waals surface area contributed by atoms with Crippen molar-refractivity contribution >= 4 is 12.1 Å². The van der Waals surface area contributed by atoms with Crippen LogP contribution >= 0.6 is 0 Å². The molecular weight excluding hydrogens is 745 g/mol. The first-order chi connectivity index (χ1) is 29.5. The van der Waals surface area contributed by atoms with Gasteiger partial charge in [-0.05, 0) is 96.7 Å². The largest absolute Gasteiger partial charge is 0.462 e. The second-order valence-electron chi connectivity index (χ2n) is 18.4. The number of aliphatic hydroxyl groups is 1. The van der Waals surface area contributed by atoms with Crippen LogP contribution in [0.5, 0.6) is 0 Å². The van der Waals surface area contributed by atoms with E-state index in [4.69, 9.17) is 9.47 Å². The van der Waals surface area contributed by atoms with E-state index in [-0.39, 0.29) is 24.8 Å². The molecule has 7 heteroatoms. The van der Waals surface area contributed by atoms with Gasteiger partial charge in [0.15, 0.2) is 0 Å². The summed E-state index contributed by atoms with van der Waals surface area (Å²) < 4.78 is 11.9. The molecule has 0 unspecified atom stereocenters. The van der Waals surface area contributed by atoms with Gasteiger partial charge in [-0.25, -0.2) is 4.79 Å². The molecule has 0 aliphatic carbocycles. The summed E-state index contributed by atoms with van der Waals surface area (Å²) in [6.45, 7) is 14.8. The molecular formula is C53H106N2O5. The molecule has 358 valence electrons. The van der Waals surface area contributed by atoms with Crippen molar-refractivity contribution in [3.63, 3.8) is 0 Å². The van der Waals surface area contributed by atoms with Crippen LogP contribution in [0.15, 0.2) is 0 Å². The van der Waals surface area contributed by atoms with Crippen molar-refractivity contribution in [1.29, 1.82) is 0 Å². The van der Waals surface area contributed by atoms with Crippen molar-refractivity contribution in [2.24, 2.45) is 0 Å². The lowest BCUT2D eigenvalue weighted by molar-refractivity contribution is -0.150. The third kappa shape index (κ3) is 42.0. The number of aliphatic hydroxyl groups excluding tert-OH is 1. The first-order valence-electron chi connectivity index (χ1n) is 27.0. The minimum absolute atomic E-state index is 0.0212. The highest BCUT2D eigenvalue weighted by atomic mass is 16.6. The molecule has 0 atom stereocenters. The van der Waals surface area contributed by atoms with Gasteiger partial charge in [0.1, 0.15) is 6.10 Å². The summed E-state index contributed by atoms with van der Waals surface area (Å²) in [6, 6.07) is 0. The van der Waals surface area contributed by atoms with Crippen LogP contribution in [0.2, 0.25) is 0 Å². The highest BCUT2D eigenvalue weighted by Gasteiger charge is 2.16. The van der Waals surface area contributed by atoms with Gasteiger partial charge in [-0.3, -0.25) is 4.79 Å². The Morgan fingerprint density at radius 2 is 0.767 bits per heavy atom. The molecule has 0 saturated carbocycles. The van der Waals surface area contributed by atoms with E-state index >= 15 is 0 Å². The van der Waals surface area contributed by atoms with Gasteiger partial charge in [0.2, 0.25) is 0 Å². The van der Waals surface area contributed by atoms with E-state index in [1.165, 1.54) is 173 Å². The first kappa shape index (κ1) is 58.7. The lowest BCUT2D eigenvalue weighted by atomic mass is 10.0. The third-order valence-electron chi connectivity index (χ3n) is 12.5. The molecule has 0 aromatic rings. The molecule has 0 spiro atoms. The highest BCUT2D eigenvalue weighted by Crippen LogP contribution is 2.19. The first-order valence-corrected chi connectivity index (χ1v) is 27.0. The minimum atomic E-state index is -0.0952. The number of ether oxygens (including phenoxy) is 2. The van der Waals surface area contributed by atoms with Crippen molar-refractivity contribution in [1.82, 2.24) is 9.80 Å². The summed E-state index contributed by atoms with van der Waals surface area (Å²) in [6.07, 6.45) is 46.2. The quantitative estimate of drug-likeness (QED) is 0.0485. The summed E-state index contributed by atoms with van der Waals surface area (Å²) in [5.74, 6) is 0.0212.